The van der Waals surface area contributed by atoms with E-state index in [0.29, 0.717) is 0 Å². The number of carbonyl (C=O) groups is 1. The van der Waals surface area contributed by atoms with Crippen LogP contribution in [0.2, 0.25) is 5.02 Å². The molecule has 0 spiro atoms. The van der Waals surface area contributed by atoms with Gasteiger partial charge in [0.2, 0.25) is 5.91 Å². The number of nitrogens with two attached hydrogens (primary N) is 1. The number of rotatable bonds is 3. The number of nitrogen functional groups attached to an aromatic ring is 1. The van der Waals surface area contributed by atoms with Gasteiger partial charge in [0.15, 0.2) is 0 Å². The predicted octanol–water partition coefficient (Wildman–Crippen LogP) is 2.84. The van der Waals surface area contributed by atoms with Crippen LogP contribution in [0.3, 0.4) is 0 Å². The number of halogens is 5. The van der Waals surface area contributed by atoms with Crippen molar-refractivity contribution >= 4 is 23.2 Å². The molecule has 0 radical (unpaired) electrons. The zero-order valence-corrected chi connectivity index (χ0v) is 10.6. The number of nitrogens with one attached hydrogen (secondary N) is 1. The molecule has 0 heterocycles. The first kappa shape index (κ1) is 15.6. The van der Waals surface area contributed by atoms with Crippen LogP contribution in [-0.2, 0) is 4.79 Å². The van der Waals surface area contributed by atoms with E-state index in [1.165, 1.54) is 6.92 Å². The van der Waals surface area contributed by atoms with Crippen molar-refractivity contribution in [1.29, 1.82) is 0 Å². The molecule has 1 atom stereocenters. The number of amides is 1. The summed E-state index contributed by atoms with van der Waals surface area (Å²) in [5.74, 6) is -2.71. The van der Waals surface area contributed by atoms with Gasteiger partial charge in [-0.25, -0.2) is 4.39 Å². The smallest absolute Gasteiger partial charge is 0.396 e. The summed E-state index contributed by atoms with van der Waals surface area (Å²) in [6.45, 7) is -0.131. The lowest BCUT2D eigenvalue weighted by atomic mass is 9.99. The van der Waals surface area contributed by atoms with Gasteiger partial charge in [0.05, 0.1) is 11.6 Å². The fourth-order valence-electron chi connectivity index (χ4n) is 1.39. The van der Waals surface area contributed by atoms with Gasteiger partial charge in [-0.05, 0) is 24.6 Å². The largest absolute Gasteiger partial charge is 0.405 e. The highest BCUT2D eigenvalue weighted by Gasteiger charge is 2.29. The van der Waals surface area contributed by atoms with Gasteiger partial charge in [0.25, 0.3) is 0 Å². The Morgan fingerprint density at radius 3 is 2.58 bits per heavy atom. The lowest BCUT2D eigenvalue weighted by Crippen LogP contribution is -2.36. The first-order chi connectivity index (χ1) is 8.61. The maximum Gasteiger partial charge on any atom is 0.405 e. The molecule has 19 heavy (non-hydrogen) atoms. The molecule has 1 amide bonds. The van der Waals surface area contributed by atoms with E-state index in [1.54, 1.807) is 5.32 Å². The van der Waals surface area contributed by atoms with Crippen molar-refractivity contribution in [2.24, 2.45) is 0 Å². The summed E-state index contributed by atoms with van der Waals surface area (Å²) in [7, 11) is 0. The van der Waals surface area contributed by atoms with E-state index in [9.17, 15) is 22.4 Å². The van der Waals surface area contributed by atoms with E-state index in [0.717, 1.165) is 12.1 Å². The molecule has 0 fully saturated rings. The Labute approximate surface area is 111 Å². The van der Waals surface area contributed by atoms with Crippen molar-refractivity contribution in [3.05, 3.63) is 28.5 Å². The molecule has 0 aromatic heterocycles. The number of anilines is 1. The molecule has 0 bridgehead atoms. The van der Waals surface area contributed by atoms with Gasteiger partial charge < -0.3 is 11.1 Å². The summed E-state index contributed by atoms with van der Waals surface area (Å²) in [5.41, 5.74) is 5.15. The molecule has 1 aromatic carbocycles. The maximum absolute atomic E-state index is 13.3. The third-order valence-electron chi connectivity index (χ3n) is 2.44. The summed E-state index contributed by atoms with van der Waals surface area (Å²) in [6, 6.07) is 2.05. The maximum atomic E-state index is 13.3. The molecule has 106 valence electrons. The number of hydrogen-bond acceptors (Lipinski definition) is 2. The van der Waals surface area contributed by atoms with E-state index in [2.05, 4.69) is 0 Å². The van der Waals surface area contributed by atoms with E-state index in [4.69, 9.17) is 17.3 Å². The van der Waals surface area contributed by atoms with Crippen LogP contribution < -0.4 is 11.1 Å². The standard InChI is InChI=1S/C11H11ClF4N2O/c1-5(10(19)18-4-11(14,15)16)6-2-8(13)9(17)3-7(6)12/h2-3,5H,4,17H2,1H3,(H,18,19). The summed E-state index contributed by atoms with van der Waals surface area (Å²) in [6.07, 6.45) is -4.51. The summed E-state index contributed by atoms with van der Waals surface area (Å²) in [5, 5.41) is 1.73. The van der Waals surface area contributed by atoms with Crippen molar-refractivity contribution in [3.63, 3.8) is 0 Å². The monoisotopic (exact) mass is 298 g/mol. The Morgan fingerprint density at radius 2 is 2.05 bits per heavy atom. The van der Waals surface area contributed by atoms with Crippen LogP contribution in [0.25, 0.3) is 0 Å². The van der Waals surface area contributed by atoms with Crippen LogP contribution in [-0.4, -0.2) is 18.6 Å². The molecule has 0 aliphatic rings. The molecule has 1 aromatic rings. The predicted molar refractivity (Wildman–Crippen MR) is 63.3 cm³/mol. The highest BCUT2D eigenvalue weighted by Crippen LogP contribution is 2.28. The van der Waals surface area contributed by atoms with Crippen LogP contribution in [0.4, 0.5) is 23.2 Å². The average Bonchev–Trinajstić information content (AvgIpc) is 2.29. The summed E-state index contributed by atoms with van der Waals surface area (Å²) >= 11 is 5.78. The first-order valence-corrected chi connectivity index (χ1v) is 5.58. The molecule has 3 N–H and O–H groups in total. The minimum atomic E-state index is -4.51. The highest BCUT2D eigenvalue weighted by molar-refractivity contribution is 6.32. The van der Waals surface area contributed by atoms with E-state index in [1.807, 2.05) is 0 Å². The third-order valence-corrected chi connectivity index (χ3v) is 2.77. The Kier molecular flexibility index (Phi) is 4.62. The van der Waals surface area contributed by atoms with Gasteiger partial charge >= 0.3 is 6.18 Å². The minimum absolute atomic E-state index is 0.0218. The number of alkyl halides is 3. The third kappa shape index (κ3) is 4.27. The molecular weight excluding hydrogens is 288 g/mol. The van der Waals surface area contributed by atoms with Gasteiger partial charge in [0, 0.05) is 5.02 Å². The fraction of sp³-hybridized carbons (Fsp3) is 0.364. The van der Waals surface area contributed by atoms with Crippen molar-refractivity contribution in [1.82, 2.24) is 5.32 Å². The second-order valence-corrected chi connectivity index (χ2v) is 4.36. The van der Waals surface area contributed by atoms with E-state index < -0.39 is 30.4 Å². The van der Waals surface area contributed by atoms with Crippen LogP contribution in [0.5, 0.6) is 0 Å². The average molecular weight is 299 g/mol. The quantitative estimate of drug-likeness (QED) is 0.666. The molecule has 0 saturated carbocycles. The fourth-order valence-corrected chi connectivity index (χ4v) is 1.73. The first-order valence-electron chi connectivity index (χ1n) is 5.20. The molecule has 3 nitrogen and oxygen atoms in total. The Morgan fingerprint density at radius 1 is 1.47 bits per heavy atom. The van der Waals surface area contributed by atoms with Gasteiger partial charge in [-0.1, -0.05) is 11.6 Å². The Balaban J connectivity index is 2.85. The topological polar surface area (TPSA) is 55.1 Å². The second kappa shape index (κ2) is 5.64. The van der Waals surface area contributed by atoms with Crippen LogP contribution in [0.15, 0.2) is 12.1 Å². The SMILES string of the molecule is CC(C(=O)NCC(F)(F)F)c1cc(F)c(N)cc1Cl. The molecule has 1 rings (SSSR count). The van der Waals surface area contributed by atoms with Crippen LogP contribution in [0.1, 0.15) is 18.4 Å². The van der Waals surface area contributed by atoms with Crippen molar-refractivity contribution in [2.45, 2.75) is 19.0 Å². The summed E-state index contributed by atoms with van der Waals surface area (Å²) < 4.78 is 49.1. The Hall–Kier alpha value is -1.50. The number of benzene rings is 1. The minimum Gasteiger partial charge on any atom is -0.396 e. The molecule has 0 aliphatic carbocycles. The van der Waals surface area contributed by atoms with Crippen molar-refractivity contribution in [3.8, 4) is 0 Å². The lowest BCUT2D eigenvalue weighted by molar-refractivity contribution is -0.139. The normalized spacial score (nSPS) is 13.2. The van der Waals surface area contributed by atoms with Gasteiger partial charge in [-0.3, -0.25) is 4.79 Å². The highest BCUT2D eigenvalue weighted by atomic mass is 35.5. The Bertz CT molecular complexity index is 490. The van der Waals surface area contributed by atoms with Crippen LogP contribution >= 0.6 is 11.6 Å². The van der Waals surface area contributed by atoms with Gasteiger partial charge in [0.1, 0.15) is 12.4 Å². The summed E-state index contributed by atoms with van der Waals surface area (Å²) in [4.78, 5) is 11.5. The lowest BCUT2D eigenvalue weighted by Gasteiger charge is -2.15. The van der Waals surface area contributed by atoms with E-state index in [-0.39, 0.29) is 16.3 Å². The zero-order valence-electron chi connectivity index (χ0n) is 9.81. The molecule has 0 aliphatic heterocycles. The molecule has 0 saturated heterocycles. The van der Waals surface area contributed by atoms with Crippen LogP contribution in [0, 0.1) is 5.82 Å². The second-order valence-electron chi connectivity index (χ2n) is 3.95. The zero-order chi connectivity index (χ0) is 14.8. The number of hydrogen-bond donors (Lipinski definition) is 2. The van der Waals surface area contributed by atoms with Gasteiger partial charge in [-0.2, -0.15) is 13.2 Å². The molecule has 1 unspecified atom stereocenters. The molecule has 8 heteroatoms. The van der Waals surface area contributed by atoms with Crippen molar-refractivity contribution in [2.75, 3.05) is 12.3 Å². The number of carbonyl (C=O) groups excluding carboxylic acids is 1. The van der Waals surface area contributed by atoms with E-state index >= 15 is 0 Å². The van der Waals surface area contributed by atoms with Crippen molar-refractivity contribution < 1.29 is 22.4 Å². The molecular formula is C11H11ClF4N2O. The van der Waals surface area contributed by atoms with Gasteiger partial charge in [-0.15, -0.1) is 0 Å².